The van der Waals surface area contributed by atoms with Crippen LogP contribution >= 0.6 is 0 Å². The highest BCUT2D eigenvalue weighted by atomic mass is 15.1. The van der Waals surface area contributed by atoms with E-state index < -0.39 is 0 Å². The van der Waals surface area contributed by atoms with Crippen LogP contribution in [0.3, 0.4) is 0 Å². The first kappa shape index (κ1) is 12.3. The van der Waals surface area contributed by atoms with E-state index in [1.165, 1.54) is 51.7 Å². The van der Waals surface area contributed by atoms with Crippen molar-refractivity contribution in [2.45, 2.75) is 51.1 Å². The maximum Gasteiger partial charge on any atom is 0.0107 e. The summed E-state index contributed by atoms with van der Waals surface area (Å²) in [5, 5.41) is 3.65. The Balaban J connectivity index is 1.54. The fourth-order valence-electron chi connectivity index (χ4n) is 2.91. The summed E-state index contributed by atoms with van der Waals surface area (Å²) in [4.78, 5) is 2.60. The van der Waals surface area contributed by atoms with Crippen LogP contribution in [0, 0.1) is 5.92 Å². The van der Waals surface area contributed by atoms with Gasteiger partial charge in [0.1, 0.15) is 0 Å². The van der Waals surface area contributed by atoms with Crippen LogP contribution in [-0.2, 0) is 0 Å². The molecule has 0 aromatic heterocycles. The second kappa shape index (κ2) is 5.99. The van der Waals surface area contributed by atoms with Gasteiger partial charge in [-0.1, -0.05) is 6.92 Å². The lowest BCUT2D eigenvalue weighted by atomic mass is 9.99. The van der Waals surface area contributed by atoms with Crippen LogP contribution in [0.4, 0.5) is 0 Å². The Morgan fingerprint density at radius 1 is 1.19 bits per heavy atom. The largest absolute Gasteiger partial charge is 0.328 e. The second-order valence-electron chi connectivity index (χ2n) is 5.75. The normalized spacial score (nSPS) is 33.4. The number of piperidine rings is 1. The number of rotatable bonds is 4. The number of nitrogens with two attached hydrogens (primary N) is 1. The molecule has 3 heteroatoms. The Morgan fingerprint density at radius 3 is 2.56 bits per heavy atom. The van der Waals surface area contributed by atoms with Crippen molar-refractivity contribution < 1.29 is 0 Å². The van der Waals surface area contributed by atoms with Crippen LogP contribution in [0.1, 0.15) is 39.0 Å². The third-order valence-electron chi connectivity index (χ3n) is 4.21. The van der Waals surface area contributed by atoms with Crippen LogP contribution < -0.4 is 11.1 Å². The molecule has 0 aromatic carbocycles. The minimum absolute atomic E-state index is 0.452. The average Bonchev–Trinajstić information content (AvgIpc) is 2.67. The van der Waals surface area contributed by atoms with Crippen LogP contribution in [0.15, 0.2) is 0 Å². The highest BCUT2D eigenvalue weighted by molar-refractivity contribution is 4.83. The molecule has 1 saturated heterocycles. The molecule has 1 heterocycles. The van der Waals surface area contributed by atoms with Gasteiger partial charge >= 0.3 is 0 Å². The summed E-state index contributed by atoms with van der Waals surface area (Å²) < 4.78 is 0. The maximum atomic E-state index is 5.90. The van der Waals surface area contributed by atoms with E-state index in [4.69, 9.17) is 5.73 Å². The Hall–Kier alpha value is -0.120. The van der Waals surface area contributed by atoms with Gasteiger partial charge in [0.25, 0.3) is 0 Å². The Morgan fingerprint density at radius 2 is 1.94 bits per heavy atom. The molecule has 1 aliphatic heterocycles. The molecule has 0 bridgehead atoms. The van der Waals surface area contributed by atoms with Crippen molar-refractivity contribution in [1.82, 2.24) is 10.2 Å². The maximum absolute atomic E-state index is 5.90. The van der Waals surface area contributed by atoms with Crippen molar-refractivity contribution in [2.24, 2.45) is 11.7 Å². The van der Waals surface area contributed by atoms with Gasteiger partial charge in [-0.2, -0.15) is 0 Å². The van der Waals surface area contributed by atoms with Gasteiger partial charge in [0, 0.05) is 25.2 Å². The summed E-state index contributed by atoms with van der Waals surface area (Å²) >= 11 is 0. The molecule has 0 amide bonds. The van der Waals surface area contributed by atoms with Crippen LogP contribution in [-0.4, -0.2) is 43.2 Å². The van der Waals surface area contributed by atoms with Gasteiger partial charge in [0.2, 0.25) is 0 Å². The summed E-state index contributed by atoms with van der Waals surface area (Å²) in [6.45, 7) is 7.33. The molecular formula is C13H27N3. The average molecular weight is 225 g/mol. The van der Waals surface area contributed by atoms with Crippen molar-refractivity contribution in [1.29, 1.82) is 0 Å². The van der Waals surface area contributed by atoms with Gasteiger partial charge in [-0.25, -0.2) is 0 Å². The first-order valence-corrected chi connectivity index (χ1v) is 6.95. The van der Waals surface area contributed by atoms with Gasteiger partial charge in [0.05, 0.1) is 0 Å². The fourth-order valence-corrected chi connectivity index (χ4v) is 2.91. The van der Waals surface area contributed by atoms with Crippen molar-refractivity contribution in [2.75, 3.05) is 26.2 Å². The zero-order valence-corrected chi connectivity index (χ0v) is 10.6. The van der Waals surface area contributed by atoms with Crippen LogP contribution in [0.5, 0.6) is 0 Å². The number of nitrogens with zero attached hydrogens (tertiary/aromatic N) is 1. The number of likely N-dealkylation sites (tertiary alicyclic amines) is 1. The molecule has 0 spiro atoms. The molecule has 0 aromatic rings. The monoisotopic (exact) mass is 225 g/mol. The van der Waals surface area contributed by atoms with E-state index in [1.807, 2.05) is 0 Å². The minimum atomic E-state index is 0.452. The van der Waals surface area contributed by atoms with Crippen molar-refractivity contribution in [3.05, 3.63) is 0 Å². The molecule has 1 saturated carbocycles. The molecule has 2 unspecified atom stereocenters. The van der Waals surface area contributed by atoms with E-state index in [0.29, 0.717) is 12.1 Å². The molecule has 3 N–H and O–H groups in total. The Labute approximate surface area is 99.8 Å². The molecule has 1 aliphatic carbocycles. The fraction of sp³-hybridized carbons (Fsp3) is 1.00. The zero-order chi connectivity index (χ0) is 11.4. The van der Waals surface area contributed by atoms with E-state index in [2.05, 4.69) is 17.1 Å². The van der Waals surface area contributed by atoms with E-state index in [0.717, 1.165) is 12.5 Å². The lowest BCUT2D eigenvalue weighted by Gasteiger charge is -2.30. The van der Waals surface area contributed by atoms with E-state index in [-0.39, 0.29) is 0 Å². The summed E-state index contributed by atoms with van der Waals surface area (Å²) in [5.41, 5.74) is 5.90. The standard InChI is InChI=1S/C13H27N3/c1-11-4-7-16(8-5-11)9-6-15-13-3-2-12(14)10-13/h11-13,15H,2-10,14H2,1H3. The van der Waals surface area contributed by atoms with Crippen molar-refractivity contribution >= 4 is 0 Å². The molecule has 2 aliphatic rings. The molecule has 0 radical (unpaired) electrons. The molecule has 2 fully saturated rings. The Kier molecular flexibility index (Phi) is 4.62. The quantitative estimate of drug-likeness (QED) is 0.755. The van der Waals surface area contributed by atoms with E-state index in [9.17, 15) is 0 Å². The topological polar surface area (TPSA) is 41.3 Å². The van der Waals surface area contributed by atoms with Gasteiger partial charge in [-0.3, -0.25) is 0 Å². The highest BCUT2D eigenvalue weighted by Gasteiger charge is 2.21. The Bertz CT molecular complexity index is 199. The molecule has 3 nitrogen and oxygen atoms in total. The minimum Gasteiger partial charge on any atom is -0.328 e. The van der Waals surface area contributed by atoms with Crippen LogP contribution in [0.25, 0.3) is 0 Å². The predicted octanol–water partition coefficient (Wildman–Crippen LogP) is 1.19. The van der Waals surface area contributed by atoms with Gasteiger partial charge in [-0.05, 0) is 51.1 Å². The van der Waals surface area contributed by atoms with E-state index >= 15 is 0 Å². The molecule has 94 valence electrons. The van der Waals surface area contributed by atoms with Gasteiger partial charge < -0.3 is 16.0 Å². The summed E-state index contributed by atoms with van der Waals surface area (Å²) in [6.07, 6.45) is 6.43. The number of hydrogen-bond acceptors (Lipinski definition) is 3. The smallest absolute Gasteiger partial charge is 0.0107 e. The number of nitrogens with one attached hydrogen (secondary N) is 1. The lowest BCUT2D eigenvalue weighted by molar-refractivity contribution is 0.191. The van der Waals surface area contributed by atoms with Crippen molar-refractivity contribution in [3.8, 4) is 0 Å². The predicted molar refractivity (Wildman–Crippen MR) is 68.5 cm³/mol. The second-order valence-corrected chi connectivity index (χ2v) is 5.75. The summed E-state index contributed by atoms with van der Waals surface area (Å²) in [7, 11) is 0. The molecule has 2 atom stereocenters. The zero-order valence-electron chi connectivity index (χ0n) is 10.6. The van der Waals surface area contributed by atoms with Gasteiger partial charge in [0.15, 0.2) is 0 Å². The van der Waals surface area contributed by atoms with E-state index in [1.54, 1.807) is 0 Å². The molecule has 16 heavy (non-hydrogen) atoms. The SMILES string of the molecule is CC1CCN(CCNC2CCC(N)C2)CC1. The summed E-state index contributed by atoms with van der Waals surface area (Å²) in [6, 6.07) is 1.15. The first-order chi connectivity index (χ1) is 7.74. The third-order valence-corrected chi connectivity index (χ3v) is 4.21. The number of hydrogen-bond donors (Lipinski definition) is 2. The summed E-state index contributed by atoms with van der Waals surface area (Å²) in [5.74, 6) is 0.942. The molecule has 2 rings (SSSR count). The first-order valence-electron chi connectivity index (χ1n) is 6.95. The highest BCUT2D eigenvalue weighted by Crippen LogP contribution is 2.17. The third kappa shape index (κ3) is 3.72. The lowest BCUT2D eigenvalue weighted by Crippen LogP contribution is -2.40. The van der Waals surface area contributed by atoms with Gasteiger partial charge in [-0.15, -0.1) is 0 Å². The van der Waals surface area contributed by atoms with Crippen LogP contribution in [0.2, 0.25) is 0 Å². The molecular weight excluding hydrogens is 198 g/mol. The van der Waals surface area contributed by atoms with Crippen molar-refractivity contribution in [3.63, 3.8) is 0 Å².